The van der Waals surface area contributed by atoms with Crippen molar-refractivity contribution in [2.75, 3.05) is 13.3 Å². The fourth-order valence-corrected chi connectivity index (χ4v) is 1.78. The van der Waals surface area contributed by atoms with Crippen molar-refractivity contribution in [3.8, 4) is 5.75 Å². The van der Waals surface area contributed by atoms with E-state index < -0.39 is 0 Å². The maximum absolute atomic E-state index is 9.73. The van der Waals surface area contributed by atoms with Crippen LogP contribution in [0.25, 0.3) is 0 Å². The second-order valence-corrected chi connectivity index (χ2v) is 3.64. The van der Waals surface area contributed by atoms with Gasteiger partial charge in [0.2, 0.25) is 0 Å². The Morgan fingerprint density at radius 2 is 2.15 bits per heavy atom. The van der Waals surface area contributed by atoms with E-state index >= 15 is 0 Å². The van der Waals surface area contributed by atoms with E-state index in [2.05, 4.69) is 4.99 Å². The van der Waals surface area contributed by atoms with Crippen LogP contribution in [0, 0.1) is 6.92 Å². The van der Waals surface area contributed by atoms with Gasteiger partial charge in [-0.2, -0.15) is 0 Å². The molecule has 0 aliphatic rings. The molecule has 0 atom stereocenters. The Morgan fingerprint density at radius 3 is 2.69 bits per heavy atom. The Labute approximate surface area is 82.7 Å². The fourth-order valence-electron chi connectivity index (χ4n) is 1.17. The molecule has 2 nitrogen and oxygen atoms in total. The molecule has 0 amide bonds. The van der Waals surface area contributed by atoms with Crippen LogP contribution in [0.3, 0.4) is 0 Å². The van der Waals surface area contributed by atoms with E-state index in [1.165, 1.54) is 11.8 Å². The molecule has 0 heterocycles. The molecule has 70 valence electrons. The van der Waals surface area contributed by atoms with Gasteiger partial charge in [0.05, 0.1) is 0 Å². The third kappa shape index (κ3) is 2.25. The van der Waals surface area contributed by atoms with Gasteiger partial charge in [-0.25, -0.2) is 0 Å². The number of benzene rings is 1. The highest BCUT2D eigenvalue weighted by Crippen LogP contribution is 2.30. The normalized spacial score (nSPS) is 11.0. The lowest BCUT2D eigenvalue weighted by Crippen LogP contribution is -1.87. The monoisotopic (exact) mass is 195 g/mol. The molecule has 1 rings (SSSR count). The summed E-state index contributed by atoms with van der Waals surface area (Å²) in [5, 5.41) is 9.73. The number of aliphatic imine (C=N–C) groups is 1. The topological polar surface area (TPSA) is 32.6 Å². The molecule has 3 heteroatoms. The fraction of sp³-hybridized carbons (Fsp3) is 0.300. The van der Waals surface area contributed by atoms with Crippen molar-refractivity contribution in [3.05, 3.63) is 23.3 Å². The zero-order chi connectivity index (χ0) is 9.84. The summed E-state index contributed by atoms with van der Waals surface area (Å²) >= 11 is 1.54. The largest absolute Gasteiger partial charge is 0.506 e. The average Bonchev–Trinajstić information content (AvgIpc) is 2.11. The van der Waals surface area contributed by atoms with E-state index in [4.69, 9.17) is 0 Å². The number of aromatic hydroxyl groups is 1. The van der Waals surface area contributed by atoms with Gasteiger partial charge in [0.15, 0.2) is 0 Å². The second kappa shape index (κ2) is 4.33. The molecule has 0 saturated carbocycles. The van der Waals surface area contributed by atoms with Crippen LogP contribution in [-0.4, -0.2) is 24.6 Å². The number of phenolic OH excluding ortho intramolecular Hbond substituents is 1. The zero-order valence-corrected chi connectivity index (χ0v) is 8.85. The maximum Gasteiger partial charge on any atom is 0.137 e. The molecular weight excluding hydrogens is 182 g/mol. The minimum absolute atomic E-state index is 0.323. The summed E-state index contributed by atoms with van der Waals surface area (Å²) in [5.41, 5.74) is 1.92. The van der Waals surface area contributed by atoms with Crippen LogP contribution in [-0.2, 0) is 0 Å². The van der Waals surface area contributed by atoms with Gasteiger partial charge in [-0.05, 0) is 30.9 Å². The molecule has 1 aromatic rings. The average molecular weight is 195 g/mol. The lowest BCUT2D eigenvalue weighted by atomic mass is 10.1. The van der Waals surface area contributed by atoms with E-state index in [1.54, 1.807) is 13.3 Å². The van der Waals surface area contributed by atoms with Crippen molar-refractivity contribution in [2.45, 2.75) is 11.8 Å². The Kier molecular flexibility index (Phi) is 3.37. The van der Waals surface area contributed by atoms with Crippen LogP contribution >= 0.6 is 11.8 Å². The predicted molar refractivity (Wildman–Crippen MR) is 58.1 cm³/mol. The molecule has 0 bridgehead atoms. The van der Waals surface area contributed by atoms with Gasteiger partial charge in [0.25, 0.3) is 0 Å². The number of phenols is 1. The van der Waals surface area contributed by atoms with Crippen LogP contribution in [0.1, 0.15) is 11.1 Å². The van der Waals surface area contributed by atoms with Crippen molar-refractivity contribution < 1.29 is 5.11 Å². The summed E-state index contributed by atoms with van der Waals surface area (Å²) in [4.78, 5) is 4.79. The van der Waals surface area contributed by atoms with Gasteiger partial charge in [0.1, 0.15) is 5.75 Å². The number of hydrogen-bond acceptors (Lipinski definition) is 3. The van der Waals surface area contributed by atoms with Crippen LogP contribution in [0.15, 0.2) is 22.0 Å². The first-order valence-corrected chi connectivity index (χ1v) is 5.21. The Hall–Kier alpha value is -0.960. The second-order valence-electron chi connectivity index (χ2n) is 2.79. The first-order chi connectivity index (χ1) is 6.19. The van der Waals surface area contributed by atoms with Gasteiger partial charge < -0.3 is 5.11 Å². The third-order valence-corrected chi connectivity index (χ3v) is 2.49. The van der Waals surface area contributed by atoms with Crippen LogP contribution in [0.5, 0.6) is 5.75 Å². The van der Waals surface area contributed by atoms with Crippen LogP contribution in [0.2, 0.25) is 0 Å². The molecule has 0 aromatic heterocycles. The molecule has 1 aromatic carbocycles. The number of rotatable bonds is 2. The number of nitrogens with zero attached hydrogens (tertiary/aromatic N) is 1. The van der Waals surface area contributed by atoms with E-state index in [0.717, 1.165) is 16.0 Å². The lowest BCUT2D eigenvalue weighted by molar-refractivity contribution is 0.461. The van der Waals surface area contributed by atoms with Gasteiger partial charge in [-0.15, -0.1) is 11.8 Å². The van der Waals surface area contributed by atoms with Crippen molar-refractivity contribution in [2.24, 2.45) is 4.99 Å². The molecule has 0 unspecified atom stereocenters. The summed E-state index contributed by atoms with van der Waals surface area (Å²) in [7, 11) is 1.69. The minimum atomic E-state index is 0.323. The number of aryl methyl sites for hydroxylation is 1. The van der Waals surface area contributed by atoms with Gasteiger partial charge in [-0.1, -0.05) is 0 Å². The molecule has 0 spiro atoms. The Balaban J connectivity index is 3.26. The summed E-state index contributed by atoms with van der Waals surface area (Å²) in [6.45, 7) is 2.01. The quantitative estimate of drug-likeness (QED) is 0.581. The summed E-state index contributed by atoms with van der Waals surface area (Å²) in [6, 6.07) is 3.88. The zero-order valence-electron chi connectivity index (χ0n) is 8.03. The maximum atomic E-state index is 9.73. The van der Waals surface area contributed by atoms with Crippen molar-refractivity contribution >= 4 is 18.0 Å². The molecule has 13 heavy (non-hydrogen) atoms. The molecule has 0 saturated heterocycles. The Morgan fingerprint density at radius 1 is 1.46 bits per heavy atom. The van der Waals surface area contributed by atoms with E-state index in [1.807, 2.05) is 25.3 Å². The smallest absolute Gasteiger partial charge is 0.137 e. The highest BCUT2D eigenvalue weighted by molar-refractivity contribution is 7.98. The molecule has 0 fully saturated rings. The Bertz CT molecular complexity index is 334. The standard InChI is InChI=1S/C10H13NOS/c1-7-4-8(6-11-2)10(12)9(5-7)13-3/h4-6,12H,1-3H3. The first-order valence-electron chi connectivity index (χ1n) is 3.98. The van der Waals surface area contributed by atoms with Crippen molar-refractivity contribution in [1.82, 2.24) is 0 Å². The van der Waals surface area contributed by atoms with E-state index in [9.17, 15) is 5.11 Å². The number of thioether (sulfide) groups is 1. The van der Waals surface area contributed by atoms with Gasteiger partial charge in [0, 0.05) is 23.7 Å². The predicted octanol–water partition coefficient (Wildman–Crippen LogP) is 2.47. The van der Waals surface area contributed by atoms with E-state index in [0.29, 0.717) is 5.75 Å². The molecule has 0 aliphatic heterocycles. The summed E-state index contributed by atoms with van der Waals surface area (Å²) in [6.07, 6.45) is 3.61. The lowest BCUT2D eigenvalue weighted by Gasteiger charge is -2.05. The van der Waals surface area contributed by atoms with Gasteiger partial charge in [-0.3, -0.25) is 4.99 Å². The van der Waals surface area contributed by atoms with Crippen LogP contribution in [0.4, 0.5) is 0 Å². The van der Waals surface area contributed by atoms with Crippen molar-refractivity contribution in [1.29, 1.82) is 0 Å². The molecule has 0 radical (unpaired) electrons. The van der Waals surface area contributed by atoms with E-state index in [-0.39, 0.29) is 0 Å². The molecular formula is C10H13NOS. The number of hydrogen-bond donors (Lipinski definition) is 1. The van der Waals surface area contributed by atoms with Gasteiger partial charge >= 0.3 is 0 Å². The summed E-state index contributed by atoms with van der Waals surface area (Å²) < 4.78 is 0. The van der Waals surface area contributed by atoms with Crippen molar-refractivity contribution in [3.63, 3.8) is 0 Å². The molecule has 0 aliphatic carbocycles. The van der Waals surface area contributed by atoms with Crippen LogP contribution < -0.4 is 0 Å². The minimum Gasteiger partial charge on any atom is -0.506 e. The first kappa shape index (κ1) is 10.1. The highest BCUT2D eigenvalue weighted by atomic mass is 32.2. The SMILES string of the molecule is CN=Cc1cc(C)cc(SC)c1O. The summed E-state index contributed by atoms with van der Waals surface area (Å²) in [5.74, 6) is 0.323. The highest BCUT2D eigenvalue weighted by Gasteiger charge is 2.05. The third-order valence-electron chi connectivity index (χ3n) is 1.74. The molecule has 1 N–H and O–H groups in total.